The van der Waals surface area contributed by atoms with E-state index < -0.39 is 18.2 Å². The minimum atomic E-state index is -1.56. The van der Waals surface area contributed by atoms with Gasteiger partial charge in [-0.25, -0.2) is 4.79 Å². The van der Waals surface area contributed by atoms with Gasteiger partial charge in [0, 0.05) is 4.47 Å². The second kappa shape index (κ2) is 6.14. The lowest BCUT2D eigenvalue weighted by molar-refractivity contribution is -0.159. The monoisotopic (exact) mass is 302 g/mol. The number of aliphatic hydroxyl groups excluding tert-OH is 2. The summed E-state index contributed by atoms with van der Waals surface area (Å²) in [7, 11) is 0. The highest BCUT2D eigenvalue weighted by atomic mass is 79.9. The van der Waals surface area contributed by atoms with Crippen LogP contribution in [0.3, 0.4) is 0 Å². The van der Waals surface area contributed by atoms with Crippen molar-refractivity contribution in [3.8, 4) is 0 Å². The normalized spacial score (nSPS) is 14.2. The number of aryl methyl sites for hydroxylation is 1. The molecule has 0 saturated carbocycles. The first kappa shape index (κ1) is 14.2. The lowest BCUT2D eigenvalue weighted by Gasteiger charge is -2.18. The average molecular weight is 303 g/mol. The Morgan fingerprint density at radius 1 is 1.47 bits per heavy atom. The van der Waals surface area contributed by atoms with Gasteiger partial charge in [-0.2, -0.15) is 0 Å². The van der Waals surface area contributed by atoms with Gasteiger partial charge in [0.05, 0.1) is 6.61 Å². The van der Waals surface area contributed by atoms with Crippen molar-refractivity contribution in [2.24, 2.45) is 0 Å². The SMILES string of the molecule is CCOC(=O)C(O)C(O)c1ccc(Br)cc1C. The summed E-state index contributed by atoms with van der Waals surface area (Å²) in [5, 5.41) is 19.5. The van der Waals surface area contributed by atoms with E-state index in [0.29, 0.717) is 5.56 Å². The third-order valence-electron chi connectivity index (χ3n) is 2.38. The molecule has 1 rings (SSSR count). The molecule has 2 N–H and O–H groups in total. The number of aliphatic hydroxyl groups is 2. The molecule has 0 saturated heterocycles. The highest BCUT2D eigenvalue weighted by Crippen LogP contribution is 2.24. The Morgan fingerprint density at radius 2 is 2.12 bits per heavy atom. The predicted octanol–water partition coefficient (Wildman–Crippen LogP) is 1.71. The summed E-state index contributed by atoms with van der Waals surface area (Å²) in [4.78, 5) is 11.3. The van der Waals surface area contributed by atoms with Gasteiger partial charge in [-0.15, -0.1) is 0 Å². The standard InChI is InChI=1S/C12H15BrO4/c1-3-17-12(16)11(15)10(14)9-5-4-8(13)6-7(9)2/h4-6,10-11,14-15H,3H2,1-2H3. The molecule has 0 fully saturated rings. The molecule has 0 bridgehead atoms. The van der Waals surface area contributed by atoms with Gasteiger partial charge in [0.25, 0.3) is 0 Å². The maximum absolute atomic E-state index is 11.3. The van der Waals surface area contributed by atoms with Crippen LogP contribution in [-0.4, -0.2) is 28.9 Å². The lowest BCUT2D eigenvalue weighted by Crippen LogP contribution is -2.30. The number of esters is 1. The third-order valence-corrected chi connectivity index (χ3v) is 2.87. The molecule has 0 radical (unpaired) electrons. The number of benzene rings is 1. The molecule has 1 aromatic rings. The maximum atomic E-state index is 11.3. The molecule has 0 spiro atoms. The van der Waals surface area contributed by atoms with E-state index in [1.165, 1.54) is 0 Å². The summed E-state index contributed by atoms with van der Waals surface area (Å²) in [5.74, 6) is -0.817. The van der Waals surface area contributed by atoms with Crippen molar-refractivity contribution < 1.29 is 19.7 Å². The van der Waals surface area contributed by atoms with Gasteiger partial charge in [-0.1, -0.05) is 22.0 Å². The zero-order valence-corrected chi connectivity index (χ0v) is 11.3. The number of halogens is 1. The Morgan fingerprint density at radius 3 is 2.65 bits per heavy atom. The highest BCUT2D eigenvalue weighted by molar-refractivity contribution is 9.10. The minimum Gasteiger partial charge on any atom is -0.464 e. The van der Waals surface area contributed by atoms with Crippen LogP contribution < -0.4 is 0 Å². The minimum absolute atomic E-state index is 0.169. The van der Waals surface area contributed by atoms with E-state index in [0.717, 1.165) is 10.0 Å². The third kappa shape index (κ3) is 3.52. The molecular formula is C12H15BrO4. The molecule has 2 unspecified atom stereocenters. The van der Waals surface area contributed by atoms with Gasteiger partial charge in [-0.05, 0) is 37.1 Å². The Hall–Kier alpha value is -0.910. The first-order valence-electron chi connectivity index (χ1n) is 5.26. The summed E-state index contributed by atoms with van der Waals surface area (Å²) < 4.78 is 5.52. The molecule has 0 aromatic heterocycles. The maximum Gasteiger partial charge on any atom is 0.338 e. The summed E-state index contributed by atoms with van der Waals surface area (Å²) in [6.07, 6.45) is -2.84. The van der Waals surface area contributed by atoms with E-state index >= 15 is 0 Å². The van der Waals surface area contributed by atoms with Gasteiger partial charge in [0.1, 0.15) is 6.10 Å². The van der Waals surface area contributed by atoms with Crippen LogP contribution in [0.4, 0.5) is 0 Å². The molecule has 0 aliphatic carbocycles. The van der Waals surface area contributed by atoms with Gasteiger partial charge in [-0.3, -0.25) is 0 Å². The summed E-state index contributed by atoms with van der Waals surface area (Å²) in [6.45, 7) is 3.60. The van der Waals surface area contributed by atoms with E-state index in [-0.39, 0.29) is 6.61 Å². The molecule has 0 heterocycles. The van der Waals surface area contributed by atoms with E-state index in [1.807, 2.05) is 0 Å². The quantitative estimate of drug-likeness (QED) is 0.831. The molecule has 17 heavy (non-hydrogen) atoms. The van der Waals surface area contributed by atoms with Crippen LogP contribution in [-0.2, 0) is 9.53 Å². The van der Waals surface area contributed by atoms with Crippen molar-refractivity contribution in [1.29, 1.82) is 0 Å². The Kier molecular flexibility index (Phi) is 5.11. The van der Waals surface area contributed by atoms with Gasteiger partial charge < -0.3 is 14.9 Å². The summed E-state index contributed by atoms with van der Waals surface area (Å²) in [5.41, 5.74) is 1.30. The predicted molar refractivity (Wildman–Crippen MR) is 66.5 cm³/mol. The van der Waals surface area contributed by atoms with Crippen molar-refractivity contribution in [1.82, 2.24) is 0 Å². The lowest BCUT2D eigenvalue weighted by atomic mass is 10.00. The first-order chi connectivity index (χ1) is 7.97. The largest absolute Gasteiger partial charge is 0.464 e. The second-order valence-corrected chi connectivity index (χ2v) is 4.56. The van der Waals surface area contributed by atoms with E-state index in [1.54, 1.807) is 32.0 Å². The topological polar surface area (TPSA) is 66.8 Å². The molecule has 0 aliphatic rings. The smallest absolute Gasteiger partial charge is 0.338 e. The molecular weight excluding hydrogens is 288 g/mol. The molecule has 1 aromatic carbocycles. The highest BCUT2D eigenvalue weighted by Gasteiger charge is 2.27. The van der Waals surface area contributed by atoms with Crippen LogP contribution in [0.5, 0.6) is 0 Å². The fourth-order valence-corrected chi connectivity index (χ4v) is 1.97. The van der Waals surface area contributed by atoms with Crippen LogP contribution in [0.1, 0.15) is 24.2 Å². The summed E-state index contributed by atoms with van der Waals surface area (Å²) >= 11 is 3.30. The van der Waals surface area contributed by atoms with Gasteiger partial charge in [0.2, 0.25) is 0 Å². The van der Waals surface area contributed by atoms with Crippen LogP contribution >= 0.6 is 15.9 Å². The van der Waals surface area contributed by atoms with Crippen molar-refractivity contribution in [2.75, 3.05) is 6.61 Å². The van der Waals surface area contributed by atoms with Crippen LogP contribution in [0, 0.1) is 6.92 Å². The Bertz CT molecular complexity index is 405. The van der Waals surface area contributed by atoms with Crippen LogP contribution in [0.25, 0.3) is 0 Å². The first-order valence-corrected chi connectivity index (χ1v) is 6.05. The van der Waals surface area contributed by atoms with E-state index in [4.69, 9.17) is 0 Å². The fraction of sp³-hybridized carbons (Fsp3) is 0.417. The second-order valence-electron chi connectivity index (χ2n) is 3.64. The summed E-state index contributed by atoms with van der Waals surface area (Å²) in [6, 6.07) is 5.20. The van der Waals surface area contributed by atoms with Crippen LogP contribution in [0.15, 0.2) is 22.7 Å². The number of hydrogen-bond acceptors (Lipinski definition) is 4. The number of carbonyl (C=O) groups is 1. The molecule has 0 aliphatic heterocycles. The van der Waals surface area contributed by atoms with Crippen molar-refractivity contribution in [3.63, 3.8) is 0 Å². The van der Waals surface area contributed by atoms with Crippen molar-refractivity contribution in [2.45, 2.75) is 26.1 Å². The van der Waals surface area contributed by atoms with E-state index in [9.17, 15) is 15.0 Å². The molecule has 4 nitrogen and oxygen atoms in total. The van der Waals surface area contributed by atoms with Gasteiger partial charge >= 0.3 is 5.97 Å². The number of ether oxygens (including phenoxy) is 1. The molecule has 0 amide bonds. The van der Waals surface area contributed by atoms with Crippen LogP contribution in [0.2, 0.25) is 0 Å². The molecule has 5 heteroatoms. The number of rotatable bonds is 4. The number of hydrogen-bond donors (Lipinski definition) is 2. The average Bonchev–Trinajstić information content (AvgIpc) is 2.27. The van der Waals surface area contributed by atoms with Crippen molar-refractivity contribution >= 4 is 21.9 Å². The zero-order chi connectivity index (χ0) is 13.0. The van der Waals surface area contributed by atoms with Gasteiger partial charge in [0.15, 0.2) is 6.10 Å². The van der Waals surface area contributed by atoms with E-state index in [2.05, 4.69) is 20.7 Å². The van der Waals surface area contributed by atoms with Crippen molar-refractivity contribution in [3.05, 3.63) is 33.8 Å². The molecule has 94 valence electrons. The fourth-order valence-electron chi connectivity index (χ4n) is 1.50. The zero-order valence-electron chi connectivity index (χ0n) is 9.68. The Labute approximate surface area is 108 Å². The molecule has 2 atom stereocenters. The Balaban J connectivity index is 2.88. The number of carbonyl (C=O) groups excluding carboxylic acids is 1.